The van der Waals surface area contributed by atoms with E-state index in [9.17, 15) is 9.59 Å². The Labute approximate surface area is 216 Å². The fraction of sp³-hybridized carbons (Fsp3) is 0.429. The normalized spacial score (nSPS) is 20.2. The lowest BCUT2D eigenvalue weighted by Gasteiger charge is -2.42. The Bertz CT molecular complexity index is 1270. The third-order valence-electron chi connectivity index (χ3n) is 7.44. The maximum Gasteiger partial charge on any atom is 0.319 e. The van der Waals surface area contributed by atoms with Gasteiger partial charge in [-0.15, -0.1) is 0 Å². The highest BCUT2D eigenvalue weighted by molar-refractivity contribution is 6.35. The fourth-order valence-electron chi connectivity index (χ4n) is 5.62. The molecule has 6 rings (SSSR count). The van der Waals surface area contributed by atoms with Crippen LogP contribution in [-0.4, -0.2) is 37.0 Å². The first-order valence-corrected chi connectivity index (χ1v) is 13.0. The van der Waals surface area contributed by atoms with E-state index in [1.54, 1.807) is 19.2 Å². The van der Waals surface area contributed by atoms with Crippen molar-refractivity contribution < 1.29 is 18.7 Å². The molecule has 3 amide bonds. The zero-order chi connectivity index (χ0) is 25.3. The van der Waals surface area contributed by atoms with Gasteiger partial charge in [0.1, 0.15) is 11.3 Å². The van der Waals surface area contributed by atoms with Crippen LogP contribution in [0.2, 0.25) is 5.02 Å². The summed E-state index contributed by atoms with van der Waals surface area (Å²) in [5.41, 5.74) is 1.68. The number of urea groups is 1. The molecule has 2 fully saturated rings. The molecule has 2 aliphatic heterocycles. The quantitative estimate of drug-likeness (QED) is 0.410. The number of rotatable bonds is 2. The number of likely N-dealkylation sites (tertiary alicyclic amines) is 1. The Morgan fingerprint density at radius 1 is 1.17 bits per heavy atom. The number of nitrogens with zero attached hydrogens (tertiary/aromatic N) is 1. The van der Waals surface area contributed by atoms with Crippen LogP contribution in [0.25, 0.3) is 11.0 Å². The summed E-state index contributed by atoms with van der Waals surface area (Å²) in [4.78, 5) is 27.1. The highest BCUT2D eigenvalue weighted by Crippen LogP contribution is 2.49. The summed E-state index contributed by atoms with van der Waals surface area (Å²) in [5.74, 6) is 1.69. The SMILES string of the molecule is CC1CCN(C(=O)c2cc3cc(Cl)c4c(c3o2)C2(CCCCC2)NC(=O)N4)C1.COc1ccccc1. The third-order valence-corrected chi connectivity index (χ3v) is 7.73. The van der Waals surface area contributed by atoms with Gasteiger partial charge in [0, 0.05) is 24.0 Å². The van der Waals surface area contributed by atoms with Crippen LogP contribution >= 0.6 is 11.6 Å². The van der Waals surface area contributed by atoms with Gasteiger partial charge in [0.05, 0.1) is 23.4 Å². The van der Waals surface area contributed by atoms with Crippen LogP contribution in [0.1, 0.15) is 61.6 Å². The maximum absolute atomic E-state index is 12.9. The van der Waals surface area contributed by atoms with E-state index >= 15 is 0 Å². The number of nitrogens with one attached hydrogen (secondary N) is 2. The summed E-state index contributed by atoms with van der Waals surface area (Å²) in [6.45, 7) is 3.68. The number of carbonyl (C=O) groups is 2. The molecular formula is C28H32ClN3O4. The molecule has 1 saturated carbocycles. The molecule has 8 heteroatoms. The van der Waals surface area contributed by atoms with Crippen molar-refractivity contribution in [2.24, 2.45) is 5.92 Å². The lowest BCUT2D eigenvalue weighted by Crippen LogP contribution is -2.52. The van der Waals surface area contributed by atoms with Crippen molar-refractivity contribution in [3.05, 3.63) is 58.8 Å². The average molecular weight is 510 g/mol. The van der Waals surface area contributed by atoms with Gasteiger partial charge in [0.25, 0.3) is 5.91 Å². The molecule has 1 atom stereocenters. The minimum Gasteiger partial charge on any atom is -0.497 e. The van der Waals surface area contributed by atoms with E-state index in [-0.39, 0.29) is 11.9 Å². The van der Waals surface area contributed by atoms with Crippen LogP contribution in [-0.2, 0) is 5.54 Å². The second kappa shape index (κ2) is 10.1. The van der Waals surface area contributed by atoms with Gasteiger partial charge < -0.3 is 24.7 Å². The summed E-state index contributed by atoms with van der Waals surface area (Å²) in [6, 6.07) is 13.0. The monoisotopic (exact) mass is 509 g/mol. The number of benzene rings is 2. The van der Waals surface area contributed by atoms with E-state index in [4.69, 9.17) is 20.8 Å². The number of halogens is 1. The Kier molecular flexibility index (Phi) is 6.84. The first kappa shape index (κ1) is 24.5. The summed E-state index contributed by atoms with van der Waals surface area (Å²) in [5, 5.41) is 7.29. The number of hydrogen-bond donors (Lipinski definition) is 2. The number of hydrogen-bond acceptors (Lipinski definition) is 4. The molecule has 1 aromatic heterocycles. The van der Waals surface area contributed by atoms with E-state index < -0.39 is 5.54 Å². The van der Waals surface area contributed by atoms with E-state index in [0.29, 0.717) is 28.0 Å². The van der Waals surface area contributed by atoms with Gasteiger partial charge in [-0.2, -0.15) is 0 Å². The van der Waals surface area contributed by atoms with Crippen molar-refractivity contribution in [3.8, 4) is 5.75 Å². The zero-order valence-corrected chi connectivity index (χ0v) is 21.5. The predicted octanol–water partition coefficient (Wildman–Crippen LogP) is 6.56. The minimum atomic E-state index is -0.487. The number of para-hydroxylation sites is 1. The second-order valence-corrected chi connectivity index (χ2v) is 10.4. The predicted molar refractivity (Wildman–Crippen MR) is 141 cm³/mol. The molecule has 0 radical (unpaired) electrons. The molecule has 3 heterocycles. The number of furan rings is 1. The van der Waals surface area contributed by atoms with Gasteiger partial charge in [-0.05, 0) is 49.4 Å². The van der Waals surface area contributed by atoms with Crippen molar-refractivity contribution in [1.29, 1.82) is 0 Å². The number of amides is 3. The molecule has 2 aromatic carbocycles. The van der Waals surface area contributed by atoms with Gasteiger partial charge in [0.15, 0.2) is 5.76 Å². The average Bonchev–Trinajstić information content (AvgIpc) is 3.51. The van der Waals surface area contributed by atoms with Crippen LogP contribution in [0.3, 0.4) is 0 Å². The number of anilines is 1. The maximum atomic E-state index is 12.9. The van der Waals surface area contributed by atoms with E-state index in [1.807, 2.05) is 35.2 Å². The molecule has 2 N–H and O–H groups in total. The second-order valence-electron chi connectivity index (χ2n) is 10.0. The van der Waals surface area contributed by atoms with Crippen LogP contribution in [0.4, 0.5) is 10.5 Å². The molecule has 1 aliphatic carbocycles. The molecule has 1 spiro atoms. The molecular weight excluding hydrogens is 478 g/mol. The van der Waals surface area contributed by atoms with Crippen LogP contribution in [0, 0.1) is 5.92 Å². The Morgan fingerprint density at radius 3 is 2.56 bits per heavy atom. The Morgan fingerprint density at radius 2 is 1.92 bits per heavy atom. The number of fused-ring (bicyclic) bond motifs is 4. The molecule has 3 aromatic rings. The van der Waals surface area contributed by atoms with E-state index in [1.165, 1.54) is 0 Å². The van der Waals surface area contributed by atoms with Gasteiger partial charge in [-0.25, -0.2) is 4.79 Å². The van der Waals surface area contributed by atoms with Crippen molar-refractivity contribution in [2.75, 3.05) is 25.5 Å². The molecule has 7 nitrogen and oxygen atoms in total. The number of methoxy groups -OCH3 is 1. The van der Waals surface area contributed by atoms with Gasteiger partial charge in [-0.3, -0.25) is 4.79 Å². The highest BCUT2D eigenvalue weighted by atomic mass is 35.5. The summed E-state index contributed by atoms with van der Waals surface area (Å²) in [7, 11) is 1.66. The standard InChI is InChI=1S/C21H24ClN3O3.C7H8O/c1-12-5-8-25(11-12)19(26)15-10-13-9-14(22)17-16(18(13)28-15)21(24-20(27)23-17)6-3-2-4-7-21;1-8-7-5-3-2-4-6-7/h9-10,12H,2-8,11H2,1H3,(H2,23,24,27);2-6H,1H3. The molecule has 36 heavy (non-hydrogen) atoms. The van der Waals surface area contributed by atoms with Crippen LogP contribution < -0.4 is 15.4 Å². The largest absolute Gasteiger partial charge is 0.497 e. The van der Waals surface area contributed by atoms with Gasteiger partial charge >= 0.3 is 6.03 Å². The lowest BCUT2D eigenvalue weighted by atomic mass is 9.74. The van der Waals surface area contributed by atoms with Crippen molar-refractivity contribution in [1.82, 2.24) is 10.2 Å². The molecule has 1 unspecified atom stereocenters. The first-order chi connectivity index (χ1) is 17.4. The van der Waals surface area contributed by atoms with Crippen LogP contribution in [0.5, 0.6) is 5.75 Å². The molecule has 3 aliphatic rings. The van der Waals surface area contributed by atoms with Crippen LogP contribution in [0.15, 0.2) is 46.9 Å². The minimum absolute atomic E-state index is 0.0732. The number of carbonyl (C=O) groups excluding carboxylic acids is 2. The Balaban J connectivity index is 0.000000286. The summed E-state index contributed by atoms with van der Waals surface area (Å²) in [6.07, 6.45) is 5.93. The van der Waals surface area contributed by atoms with E-state index in [0.717, 1.165) is 68.3 Å². The molecule has 1 saturated heterocycles. The molecule has 190 valence electrons. The fourth-order valence-corrected chi connectivity index (χ4v) is 5.88. The van der Waals surface area contributed by atoms with Crippen molar-refractivity contribution in [2.45, 2.75) is 51.0 Å². The summed E-state index contributed by atoms with van der Waals surface area (Å²) < 4.78 is 11.1. The summed E-state index contributed by atoms with van der Waals surface area (Å²) >= 11 is 6.54. The zero-order valence-electron chi connectivity index (χ0n) is 20.7. The lowest BCUT2D eigenvalue weighted by molar-refractivity contribution is 0.0758. The number of ether oxygens (including phenoxy) is 1. The van der Waals surface area contributed by atoms with Gasteiger partial charge in [-0.1, -0.05) is 56.0 Å². The molecule has 0 bridgehead atoms. The van der Waals surface area contributed by atoms with Crippen molar-refractivity contribution >= 4 is 40.2 Å². The third kappa shape index (κ3) is 4.64. The highest BCUT2D eigenvalue weighted by Gasteiger charge is 2.44. The Hall–Kier alpha value is -3.19. The topological polar surface area (TPSA) is 83.8 Å². The van der Waals surface area contributed by atoms with Crippen molar-refractivity contribution in [3.63, 3.8) is 0 Å². The smallest absolute Gasteiger partial charge is 0.319 e. The van der Waals surface area contributed by atoms with Gasteiger partial charge in [0.2, 0.25) is 0 Å². The first-order valence-electron chi connectivity index (χ1n) is 12.6. The van der Waals surface area contributed by atoms with E-state index in [2.05, 4.69) is 17.6 Å².